The fourth-order valence-corrected chi connectivity index (χ4v) is 6.98. The molecular formula is C36H36N4O3S. The van der Waals surface area contributed by atoms with Crippen molar-refractivity contribution in [2.75, 3.05) is 35.6 Å². The molecule has 0 radical (unpaired) electrons. The Morgan fingerprint density at radius 3 is 2.50 bits per heavy atom. The second-order valence-electron chi connectivity index (χ2n) is 11.4. The molecule has 2 aliphatic heterocycles. The van der Waals surface area contributed by atoms with E-state index in [-0.39, 0.29) is 23.3 Å². The van der Waals surface area contributed by atoms with Crippen LogP contribution in [0.4, 0.5) is 11.4 Å². The fraction of sp³-hybridized carbons (Fsp3) is 0.250. The zero-order valence-corrected chi connectivity index (χ0v) is 25.3. The van der Waals surface area contributed by atoms with Crippen molar-refractivity contribution in [3.05, 3.63) is 136 Å². The number of nitrogens with zero attached hydrogens (tertiary/aromatic N) is 2. The fourth-order valence-electron chi connectivity index (χ4n) is 6.16. The lowest BCUT2D eigenvalue weighted by atomic mass is 9.83. The molecule has 8 heteroatoms. The molecule has 1 aromatic heterocycles. The predicted octanol–water partition coefficient (Wildman–Crippen LogP) is 5.79. The molecule has 1 fully saturated rings. The SMILES string of the molecule is O=C(/C=C/c1ccccc1)Nc1cc(C(=O)NCCSCc2ccccc2)ccc1N1C[C@H]2C[C@@H](C1)c1cccc(=O)n1C2. The summed E-state index contributed by atoms with van der Waals surface area (Å²) in [7, 11) is 0. The van der Waals surface area contributed by atoms with Gasteiger partial charge < -0.3 is 20.1 Å². The van der Waals surface area contributed by atoms with Gasteiger partial charge in [0.2, 0.25) is 5.91 Å². The van der Waals surface area contributed by atoms with Crippen molar-refractivity contribution in [3.8, 4) is 0 Å². The van der Waals surface area contributed by atoms with Gasteiger partial charge in [0.25, 0.3) is 11.5 Å². The van der Waals surface area contributed by atoms with Crippen molar-refractivity contribution in [3.63, 3.8) is 0 Å². The molecule has 44 heavy (non-hydrogen) atoms. The van der Waals surface area contributed by atoms with Crippen LogP contribution < -0.4 is 21.1 Å². The number of carbonyl (C=O) groups excluding carboxylic acids is 2. The van der Waals surface area contributed by atoms with Gasteiger partial charge in [-0.3, -0.25) is 14.4 Å². The third-order valence-electron chi connectivity index (χ3n) is 8.21. The molecule has 0 spiro atoms. The Labute approximate surface area is 262 Å². The van der Waals surface area contributed by atoms with Gasteiger partial charge in [0.15, 0.2) is 0 Å². The summed E-state index contributed by atoms with van der Waals surface area (Å²) in [5.74, 6) is 1.80. The van der Waals surface area contributed by atoms with Crippen molar-refractivity contribution >= 4 is 41.0 Å². The summed E-state index contributed by atoms with van der Waals surface area (Å²) in [6.45, 7) is 2.73. The van der Waals surface area contributed by atoms with E-state index in [9.17, 15) is 14.4 Å². The lowest BCUT2D eigenvalue weighted by Crippen LogP contribution is -2.47. The molecule has 2 aliphatic rings. The van der Waals surface area contributed by atoms with E-state index in [1.807, 2.05) is 71.3 Å². The van der Waals surface area contributed by atoms with Crippen LogP contribution in [0.2, 0.25) is 0 Å². The van der Waals surface area contributed by atoms with Crippen LogP contribution in [-0.2, 0) is 17.1 Å². The first kappa shape index (κ1) is 29.5. The highest BCUT2D eigenvalue weighted by Gasteiger charge is 2.35. The first-order chi connectivity index (χ1) is 21.5. The first-order valence-electron chi connectivity index (χ1n) is 15.1. The zero-order valence-electron chi connectivity index (χ0n) is 24.5. The molecule has 4 aromatic rings. The Kier molecular flexibility index (Phi) is 9.27. The van der Waals surface area contributed by atoms with Crippen LogP contribution in [0.5, 0.6) is 0 Å². The quantitative estimate of drug-likeness (QED) is 0.177. The lowest BCUT2D eigenvalue weighted by Gasteiger charge is -2.44. The molecule has 7 nitrogen and oxygen atoms in total. The van der Waals surface area contributed by atoms with E-state index in [1.165, 1.54) is 11.6 Å². The summed E-state index contributed by atoms with van der Waals surface area (Å²) in [6.07, 6.45) is 4.33. The Morgan fingerprint density at radius 1 is 0.886 bits per heavy atom. The Hall–Kier alpha value is -4.56. The third kappa shape index (κ3) is 7.14. The van der Waals surface area contributed by atoms with Crippen LogP contribution in [0.3, 0.4) is 0 Å². The topological polar surface area (TPSA) is 83.4 Å². The average Bonchev–Trinajstić information content (AvgIpc) is 3.05. The summed E-state index contributed by atoms with van der Waals surface area (Å²) in [4.78, 5) is 41.1. The van der Waals surface area contributed by atoms with Crippen LogP contribution in [-0.4, -0.2) is 41.8 Å². The minimum Gasteiger partial charge on any atom is -0.369 e. The molecule has 3 heterocycles. The highest BCUT2D eigenvalue weighted by Crippen LogP contribution is 2.39. The van der Waals surface area contributed by atoms with Crippen molar-refractivity contribution in [1.29, 1.82) is 0 Å². The largest absolute Gasteiger partial charge is 0.369 e. The molecule has 1 saturated heterocycles. The second kappa shape index (κ2) is 13.8. The van der Waals surface area contributed by atoms with Crippen LogP contribution in [0, 0.1) is 5.92 Å². The summed E-state index contributed by atoms with van der Waals surface area (Å²) < 4.78 is 1.92. The number of pyridine rings is 1. The van der Waals surface area contributed by atoms with E-state index >= 15 is 0 Å². The molecule has 2 atom stereocenters. The average molecular weight is 605 g/mol. The van der Waals surface area contributed by atoms with Gasteiger partial charge in [-0.1, -0.05) is 66.7 Å². The summed E-state index contributed by atoms with van der Waals surface area (Å²) in [5.41, 5.74) is 5.29. The van der Waals surface area contributed by atoms with Gasteiger partial charge in [0.05, 0.1) is 11.4 Å². The van der Waals surface area contributed by atoms with Crippen LogP contribution in [0.1, 0.15) is 39.5 Å². The third-order valence-corrected chi connectivity index (χ3v) is 9.24. The highest BCUT2D eigenvalue weighted by molar-refractivity contribution is 7.98. The van der Waals surface area contributed by atoms with Crippen molar-refractivity contribution in [2.45, 2.75) is 24.6 Å². The van der Waals surface area contributed by atoms with Gasteiger partial charge in [0.1, 0.15) is 0 Å². The number of aromatic nitrogens is 1. The molecule has 0 unspecified atom stereocenters. The van der Waals surface area contributed by atoms with E-state index in [1.54, 1.807) is 30.0 Å². The predicted molar refractivity (Wildman–Crippen MR) is 179 cm³/mol. The molecule has 3 aromatic carbocycles. The van der Waals surface area contributed by atoms with Crippen LogP contribution in [0.15, 0.2) is 108 Å². The van der Waals surface area contributed by atoms with Gasteiger partial charge in [-0.15, -0.1) is 0 Å². The normalized spacial score (nSPS) is 17.2. The summed E-state index contributed by atoms with van der Waals surface area (Å²) >= 11 is 1.78. The van der Waals surface area contributed by atoms with Gasteiger partial charge in [-0.05, 0) is 53.8 Å². The number of rotatable bonds is 10. The van der Waals surface area contributed by atoms with Crippen molar-refractivity contribution in [2.24, 2.45) is 5.92 Å². The number of carbonyl (C=O) groups is 2. The molecule has 0 saturated carbocycles. The number of amides is 2. The number of anilines is 2. The van der Waals surface area contributed by atoms with E-state index in [2.05, 4.69) is 33.7 Å². The van der Waals surface area contributed by atoms with Crippen LogP contribution in [0.25, 0.3) is 6.08 Å². The molecular weight excluding hydrogens is 568 g/mol. The minimum absolute atomic E-state index is 0.0534. The smallest absolute Gasteiger partial charge is 0.251 e. The van der Waals surface area contributed by atoms with Crippen molar-refractivity contribution in [1.82, 2.24) is 9.88 Å². The van der Waals surface area contributed by atoms with Gasteiger partial charge in [-0.2, -0.15) is 11.8 Å². The maximum Gasteiger partial charge on any atom is 0.251 e. The lowest BCUT2D eigenvalue weighted by molar-refractivity contribution is -0.111. The van der Waals surface area contributed by atoms with E-state index in [0.717, 1.165) is 48.0 Å². The first-order valence-corrected chi connectivity index (χ1v) is 16.2. The number of hydrogen-bond donors (Lipinski definition) is 2. The Bertz CT molecular complexity index is 1700. The second-order valence-corrected chi connectivity index (χ2v) is 12.5. The maximum absolute atomic E-state index is 13.1. The Balaban J connectivity index is 1.18. The van der Waals surface area contributed by atoms with E-state index in [4.69, 9.17) is 0 Å². The zero-order chi connectivity index (χ0) is 30.3. The number of fused-ring (bicyclic) bond motifs is 4. The molecule has 6 rings (SSSR count). The monoisotopic (exact) mass is 604 g/mol. The number of piperidine rings is 1. The molecule has 224 valence electrons. The van der Waals surface area contributed by atoms with Gasteiger partial charge in [0, 0.05) is 67.0 Å². The number of benzene rings is 3. The molecule has 0 aliphatic carbocycles. The summed E-state index contributed by atoms with van der Waals surface area (Å²) in [6, 6.07) is 31.0. The van der Waals surface area contributed by atoms with Crippen molar-refractivity contribution < 1.29 is 9.59 Å². The van der Waals surface area contributed by atoms with Crippen LogP contribution >= 0.6 is 11.8 Å². The Morgan fingerprint density at radius 2 is 1.68 bits per heavy atom. The standard InChI is InChI=1S/C36H36N4O3S/c41-34(17-14-26-8-3-1-4-9-26)38-31-21-29(36(43)37-18-19-44-25-27-10-5-2-6-11-27)15-16-33(31)39-22-28-20-30(24-39)32-12-7-13-35(42)40(32)23-28/h1-17,21,28,30H,18-20,22-25H2,(H,37,43)(H,38,41)/b17-14+/t28-,30+/m1/s1. The summed E-state index contributed by atoms with van der Waals surface area (Å²) in [5, 5.41) is 6.08. The molecule has 2 N–H and O–H groups in total. The number of hydrogen-bond acceptors (Lipinski definition) is 5. The van der Waals surface area contributed by atoms with Gasteiger partial charge in [-0.25, -0.2) is 0 Å². The van der Waals surface area contributed by atoms with E-state index < -0.39 is 0 Å². The van der Waals surface area contributed by atoms with Gasteiger partial charge >= 0.3 is 0 Å². The highest BCUT2D eigenvalue weighted by atomic mass is 32.2. The minimum atomic E-state index is -0.265. The maximum atomic E-state index is 13.1. The molecule has 2 amide bonds. The van der Waals surface area contributed by atoms with E-state index in [0.29, 0.717) is 30.3 Å². The number of thioether (sulfide) groups is 1. The number of nitrogens with one attached hydrogen (secondary N) is 2. The molecule has 2 bridgehead atoms.